The Labute approximate surface area is 118 Å². The van der Waals surface area contributed by atoms with E-state index >= 15 is 0 Å². The molecular formula is C16H18FN3. The standard InChI is InChI=1S/C16H18FN3/c1-11-9-15(13-5-3-4-6-14(13)17)20(10-11)16-18-8-7-12(2)19-16/h3-8,11,15H,9-10H2,1-2H3. The zero-order valence-corrected chi connectivity index (χ0v) is 11.8. The lowest BCUT2D eigenvalue weighted by atomic mass is 10.0. The summed E-state index contributed by atoms with van der Waals surface area (Å²) in [6.07, 6.45) is 2.69. The number of hydrogen-bond donors (Lipinski definition) is 0. The van der Waals surface area contributed by atoms with Gasteiger partial charge < -0.3 is 4.90 Å². The predicted molar refractivity (Wildman–Crippen MR) is 77.0 cm³/mol. The molecule has 0 bridgehead atoms. The molecule has 2 aromatic rings. The normalized spacial score (nSPS) is 22.2. The summed E-state index contributed by atoms with van der Waals surface area (Å²) in [4.78, 5) is 11.0. The second-order valence-corrected chi connectivity index (χ2v) is 5.53. The van der Waals surface area contributed by atoms with Crippen molar-refractivity contribution in [2.75, 3.05) is 11.4 Å². The average Bonchev–Trinajstić information content (AvgIpc) is 2.81. The van der Waals surface area contributed by atoms with Crippen LogP contribution in [0.2, 0.25) is 0 Å². The monoisotopic (exact) mass is 271 g/mol. The van der Waals surface area contributed by atoms with E-state index in [0.717, 1.165) is 24.2 Å². The molecule has 0 amide bonds. The van der Waals surface area contributed by atoms with Crippen molar-refractivity contribution in [3.05, 3.63) is 53.6 Å². The van der Waals surface area contributed by atoms with Crippen molar-refractivity contribution in [2.45, 2.75) is 26.3 Å². The van der Waals surface area contributed by atoms with E-state index in [2.05, 4.69) is 21.8 Å². The van der Waals surface area contributed by atoms with Crippen LogP contribution in [0.3, 0.4) is 0 Å². The topological polar surface area (TPSA) is 29.0 Å². The van der Waals surface area contributed by atoms with Gasteiger partial charge in [0.1, 0.15) is 5.82 Å². The van der Waals surface area contributed by atoms with E-state index in [9.17, 15) is 4.39 Å². The van der Waals surface area contributed by atoms with E-state index in [0.29, 0.717) is 11.9 Å². The molecule has 1 aliphatic rings. The minimum absolute atomic E-state index is 0.0213. The number of aromatic nitrogens is 2. The molecule has 0 aliphatic carbocycles. The average molecular weight is 271 g/mol. The fraction of sp³-hybridized carbons (Fsp3) is 0.375. The van der Waals surface area contributed by atoms with Crippen molar-refractivity contribution in [3.63, 3.8) is 0 Å². The van der Waals surface area contributed by atoms with Crippen molar-refractivity contribution >= 4 is 5.95 Å². The van der Waals surface area contributed by atoms with Gasteiger partial charge >= 0.3 is 0 Å². The first kappa shape index (κ1) is 13.0. The van der Waals surface area contributed by atoms with Crippen LogP contribution >= 0.6 is 0 Å². The van der Waals surface area contributed by atoms with Crippen LogP contribution in [0.1, 0.15) is 30.6 Å². The molecule has 1 aliphatic heterocycles. The van der Waals surface area contributed by atoms with Crippen molar-refractivity contribution in [1.29, 1.82) is 0 Å². The summed E-state index contributed by atoms with van der Waals surface area (Å²) in [5, 5.41) is 0. The molecule has 2 atom stereocenters. The van der Waals surface area contributed by atoms with Gasteiger partial charge in [0.2, 0.25) is 5.95 Å². The Morgan fingerprint density at radius 1 is 1.25 bits per heavy atom. The van der Waals surface area contributed by atoms with Crippen molar-refractivity contribution < 1.29 is 4.39 Å². The zero-order valence-electron chi connectivity index (χ0n) is 11.8. The largest absolute Gasteiger partial charge is 0.333 e. The number of benzene rings is 1. The molecule has 0 N–H and O–H groups in total. The van der Waals surface area contributed by atoms with E-state index < -0.39 is 0 Å². The van der Waals surface area contributed by atoms with Crippen LogP contribution in [0.15, 0.2) is 36.5 Å². The summed E-state index contributed by atoms with van der Waals surface area (Å²) in [5.74, 6) is 1.05. The molecule has 3 nitrogen and oxygen atoms in total. The fourth-order valence-corrected chi connectivity index (χ4v) is 2.88. The first-order valence-electron chi connectivity index (χ1n) is 6.96. The van der Waals surface area contributed by atoms with Gasteiger partial charge in [0.15, 0.2) is 0 Å². The summed E-state index contributed by atoms with van der Waals surface area (Å²) in [7, 11) is 0. The van der Waals surface area contributed by atoms with Crippen molar-refractivity contribution in [3.8, 4) is 0 Å². The Morgan fingerprint density at radius 3 is 2.80 bits per heavy atom. The minimum Gasteiger partial charge on any atom is -0.333 e. The molecule has 3 rings (SSSR count). The van der Waals surface area contributed by atoms with Crippen LogP contribution in [0, 0.1) is 18.7 Å². The zero-order chi connectivity index (χ0) is 14.1. The van der Waals surface area contributed by atoms with Gasteiger partial charge in [-0.3, -0.25) is 0 Å². The predicted octanol–water partition coefficient (Wildman–Crippen LogP) is 3.51. The Hall–Kier alpha value is -1.97. The Balaban J connectivity index is 1.99. The van der Waals surface area contributed by atoms with E-state index in [4.69, 9.17) is 0 Å². The number of aryl methyl sites for hydroxylation is 1. The molecule has 104 valence electrons. The molecule has 2 heterocycles. The summed E-state index contributed by atoms with van der Waals surface area (Å²) < 4.78 is 14.1. The van der Waals surface area contributed by atoms with E-state index in [1.165, 1.54) is 6.07 Å². The first-order valence-corrected chi connectivity index (χ1v) is 6.96. The summed E-state index contributed by atoms with van der Waals surface area (Å²) >= 11 is 0. The first-order chi connectivity index (χ1) is 9.65. The lowest BCUT2D eigenvalue weighted by Crippen LogP contribution is -2.26. The van der Waals surface area contributed by atoms with Gasteiger partial charge in [-0.05, 0) is 31.4 Å². The quantitative estimate of drug-likeness (QED) is 0.837. The molecule has 4 heteroatoms. The molecule has 1 saturated heterocycles. The number of rotatable bonds is 2. The van der Waals surface area contributed by atoms with Crippen molar-refractivity contribution in [1.82, 2.24) is 9.97 Å². The fourth-order valence-electron chi connectivity index (χ4n) is 2.88. The van der Waals surface area contributed by atoms with E-state index in [1.54, 1.807) is 12.3 Å². The van der Waals surface area contributed by atoms with Gasteiger partial charge in [0, 0.05) is 24.0 Å². The van der Waals surface area contributed by atoms with Crippen LogP contribution in [0.25, 0.3) is 0 Å². The molecule has 20 heavy (non-hydrogen) atoms. The van der Waals surface area contributed by atoms with E-state index in [-0.39, 0.29) is 11.9 Å². The highest BCUT2D eigenvalue weighted by molar-refractivity contribution is 5.39. The maximum atomic E-state index is 14.1. The van der Waals surface area contributed by atoms with Gasteiger partial charge in [0.25, 0.3) is 0 Å². The second-order valence-electron chi connectivity index (χ2n) is 5.53. The van der Waals surface area contributed by atoms with Crippen LogP contribution in [-0.4, -0.2) is 16.5 Å². The Morgan fingerprint density at radius 2 is 2.05 bits per heavy atom. The maximum Gasteiger partial charge on any atom is 0.226 e. The third-order valence-corrected chi connectivity index (χ3v) is 3.81. The van der Waals surface area contributed by atoms with Gasteiger partial charge in [-0.15, -0.1) is 0 Å². The van der Waals surface area contributed by atoms with Crippen LogP contribution < -0.4 is 4.90 Å². The SMILES string of the molecule is Cc1ccnc(N2CC(C)CC2c2ccccc2F)n1. The molecule has 0 spiro atoms. The minimum atomic E-state index is -0.149. The smallest absolute Gasteiger partial charge is 0.226 e. The summed E-state index contributed by atoms with van der Waals surface area (Å²) in [6, 6.07) is 8.89. The highest BCUT2D eigenvalue weighted by atomic mass is 19.1. The van der Waals surface area contributed by atoms with Crippen molar-refractivity contribution in [2.24, 2.45) is 5.92 Å². The molecule has 1 fully saturated rings. The highest BCUT2D eigenvalue weighted by Crippen LogP contribution is 2.38. The molecular weight excluding hydrogens is 253 g/mol. The highest BCUT2D eigenvalue weighted by Gasteiger charge is 2.33. The third kappa shape index (κ3) is 2.38. The molecule has 1 aromatic heterocycles. The number of anilines is 1. The molecule has 2 unspecified atom stereocenters. The molecule has 0 saturated carbocycles. The van der Waals surface area contributed by atoms with Crippen LogP contribution in [0.5, 0.6) is 0 Å². The van der Waals surface area contributed by atoms with Gasteiger partial charge in [-0.1, -0.05) is 25.1 Å². The van der Waals surface area contributed by atoms with Gasteiger partial charge in [-0.25, -0.2) is 14.4 Å². The second kappa shape index (κ2) is 5.19. The Kier molecular flexibility index (Phi) is 3.38. The Bertz CT molecular complexity index is 614. The lowest BCUT2D eigenvalue weighted by Gasteiger charge is -2.25. The molecule has 0 radical (unpaired) electrons. The number of nitrogens with zero attached hydrogens (tertiary/aromatic N) is 3. The van der Waals surface area contributed by atoms with Crippen LogP contribution in [-0.2, 0) is 0 Å². The maximum absolute atomic E-state index is 14.1. The third-order valence-electron chi connectivity index (χ3n) is 3.81. The van der Waals surface area contributed by atoms with Crippen LogP contribution in [0.4, 0.5) is 10.3 Å². The number of halogens is 1. The molecule has 1 aromatic carbocycles. The summed E-state index contributed by atoms with van der Waals surface area (Å²) in [6.45, 7) is 4.99. The van der Waals surface area contributed by atoms with E-state index in [1.807, 2.05) is 25.1 Å². The lowest BCUT2D eigenvalue weighted by molar-refractivity contribution is 0.562. The van der Waals surface area contributed by atoms with Gasteiger partial charge in [0.05, 0.1) is 6.04 Å². The van der Waals surface area contributed by atoms with Gasteiger partial charge in [-0.2, -0.15) is 0 Å². The number of hydrogen-bond acceptors (Lipinski definition) is 3. The summed E-state index contributed by atoms with van der Waals surface area (Å²) in [5.41, 5.74) is 1.67.